The van der Waals surface area contributed by atoms with Gasteiger partial charge in [-0.2, -0.15) is 0 Å². The Bertz CT molecular complexity index is 919. The summed E-state index contributed by atoms with van der Waals surface area (Å²) in [6.07, 6.45) is 0.930. The first-order valence-corrected chi connectivity index (χ1v) is 10.7. The first kappa shape index (κ1) is 22.9. The predicted molar refractivity (Wildman–Crippen MR) is 120 cm³/mol. The number of fused-ring (bicyclic) bond motifs is 1. The number of halogens is 1. The minimum atomic E-state index is -0.955. The van der Waals surface area contributed by atoms with Gasteiger partial charge in [-0.3, -0.25) is 9.59 Å². The summed E-state index contributed by atoms with van der Waals surface area (Å²) >= 11 is 5.89. The van der Waals surface area contributed by atoms with Crippen LogP contribution in [0.25, 0.3) is 0 Å². The highest BCUT2D eigenvalue weighted by Gasteiger charge is 2.28. The van der Waals surface area contributed by atoms with Crippen LogP contribution >= 0.6 is 11.6 Å². The van der Waals surface area contributed by atoms with Crippen LogP contribution in [0.5, 0.6) is 0 Å². The molecule has 0 bridgehead atoms. The van der Waals surface area contributed by atoms with Crippen LogP contribution in [0.4, 0.5) is 0 Å². The van der Waals surface area contributed by atoms with Gasteiger partial charge in [-0.1, -0.05) is 48.0 Å². The first-order chi connectivity index (χ1) is 15.0. The van der Waals surface area contributed by atoms with E-state index in [9.17, 15) is 14.7 Å². The zero-order valence-electron chi connectivity index (χ0n) is 17.1. The maximum absolute atomic E-state index is 12.9. The molecule has 0 aromatic heterocycles. The third-order valence-corrected chi connectivity index (χ3v) is 5.61. The number of amides is 2. The van der Waals surface area contributed by atoms with E-state index in [1.165, 1.54) is 0 Å². The van der Waals surface area contributed by atoms with E-state index in [1.54, 1.807) is 12.1 Å². The van der Waals surface area contributed by atoms with Crippen molar-refractivity contribution in [3.05, 3.63) is 70.2 Å². The number of aliphatic hydroxyl groups excluding tert-OH is 1. The van der Waals surface area contributed by atoms with Crippen LogP contribution in [-0.4, -0.2) is 41.3 Å². The molecular formula is C23H27ClN4O3. The Balaban J connectivity index is 1.61. The van der Waals surface area contributed by atoms with Crippen LogP contribution in [0.15, 0.2) is 48.5 Å². The number of aliphatic hydroxyl groups is 1. The molecular weight excluding hydrogens is 416 g/mol. The van der Waals surface area contributed by atoms with Gasteiger partial charge in [0.2, 0.25) is 11.8 Å². The summed E-state index contributed by atoms with van der Waals surface area (Å²) in [6, 6.07) is 13.8. The molecule has 0 fully saturated rings. The SMILES string of the molecule is N=CC(O)CC[C@H](NC(=O)[C@@H]1Cc2ccccc2CN1)C(=O)NCc1ccc(Cl)cc1. The summed E-state index contributed by atoms with van der Waals surface area (Å²) in [5.41, 5.74) is 3.16. The van der Waals surface area contributed by atoms with Crippen molar-refractivity contribution in [2.24, 2.45) is 0 Å². The van der Waals surface area contributed by atoms with Crippen molar-refractivity contribution >= 4 is 29.6 Å². The second kappa shape index (κ2) is 11.0. The van der Waals surface area contributed by atoms with Gasteiger partial charge in [0.1, 0.15) is 6.04 Å². The Morgan fingerprint density at radius 2 is 1.87 bits per heavy atom. The molecule has 0 radical (unpaired) electrons. The number of carbonyl (C=O) groups excluding carboxylic acids is 2. The highest BCUT2D eigenvalue weighted by atomic mass is 35.5. The van der Waals surface area contributed by atoms with Gasteiger partial charge in [-0.25, -0.2) is 0 Å². The van der Waals surface area contributed by atoms with Crippen molar-refractivity contribution in [2.75, 3.05) is 0 Å². The molecule has 1 heterocycles. The van der Waals surface area contributed by atoms with Crippen LogP contribution < -0.4 is 16.0 Å². The van der Waals surface area contributed by atoms with E-state index >= 15 is 0 Å². The summed E-state index contributed by atoms with van der Waals surface area (Å²) in [4.78, 5) is 25.7. The van der Waals surface area contributed by atoms with Gasteiger partial charge in [0.15, 0.2) is 0 Å². The van der Waals surface area contributed by atoms with Crippen LogP contribution in [0, 0.1) is 5.41 Å². The lowest BCUT2D eigenvalue weighted by Crippen LogP contribution is -2.54. The third-order valence-electron chi connectivity index (χ3n) is 5.35. The Labute approximate surface area is 186 Å². The molecule has 5 N–H and O–H groups in total. The monoisotopic (exact) mass is 442 g/mol. The molecule has 0 aliphatic carbocycles. The fourth-order valence-corrected chi connectivity index (χ4v) is 3.64. The van der Waals surface area contributed by atoms with Gasteiger partial charge in [-0.05, 0) is 48.1 Å². The summed E-state index contributed by atoms with van der Waals surface area (Å²) in [5, 5.41) is 26.3. The molecule has 164 valence electrons. The average Bonchev–Trinajstić information content (AvgIpc) is 2.80. The lowest BCUT2D eigenvalue weighted by atomic mass is 9.95. The van der Waals surface area contributed by atoms with Gasteiger partial charge in [0.25, 0.3) is 0 Å². The maximum Gasteiger partial charge on any atom is 0.242 e. The highest BCUT2D eigenvalue weighted by Crippen LogP contribution is 2.16. The molecule has 1 unspecified atom stereocenters. The number of rotatable bonds is 9. The average molecular weight is 443 g/mol. The lowest BCUT2D eigenvalue weighted by molar-refractivity contribution is -0.130. The minimum Gasteiger partial charge on any atom is -0.387 e. The Kier molecular flexibility index (Phi) is 8.17. The number of hydrogen-bond donors (Lipinski definition) is 5. The molecule has 0 spiro atoms. The van der Waals surface area contributed by atoms with E-state index in [2.05, 4.69) is 16.0 Å². The maximum atomic E-state index is 12.9. The predicted octanol–water partition coefficient (Wildman–Crippen LogP) is 1.95. The minimum absolute atomic E-state index is 0.198. The topological polar surface area (TPSA) is 114 Å². The number of hydrogen-bond acceptors (Lipinski definition) is 5. The fraction of sp³-hybridized carbons (Fsp3) is 0.348. The zero-order chi connectivity index (χ0) is 22.2. The van der Waals surface area contributed by atoms with Crippen LogP contribution in [0.2, 0.25) is 5.02 Å². The Hall–Kier alpha value is -2.74. The zero-order valence-corrected chi connectivity index (χ0v) is 17.9. The molecule has 3 rings (SSSR count). The van der Waals surface area contributed by atoms with Gasteiger partial charge in [-0.15, -0.1) is 0 Å². The summed E-state index contributed by atoms with van der Waals surface area (Å²) in [6.45, 7) is 0.888. The van der Waals surface area contributed by atoms with Crippen molar-refractivity contribution in [3.63, 3.8) is 0 Å². The van der Waals surface area contributed by atoms with Crippen LogP contribution in [0.3, 0.4) is 0 Å². The molecule has 2 amide bonds. The van der Waals surface area contributed by atoms with Gasteiger partial charge < -0.3 is 26.5 Å². The third kappa shape index (κ3) is 6.62. The molecule has 1 aliphatic rings. The quantitative estimate of drug-likeness (QED) is 0.382. The first-order valence-electron chi connectivity index (χ1n) is 10.3. The second-order valence-corrected chi connectivity index (χ2v) is 8.06. The van der Waals surface area contributed by atoms with Gasteiger partial charge in [0.05, 0.1) is 12.1 Å². The number of nitrogens with one attached hydrogen (secondary N) is 4. The standard InChI is InChI=1S/C23H27ClN4O3/c24-18-7-5-15(6-8-18)13-27-22(30)20(10-9-19(29)12-25)28-23(31)21-11-16-3-1-2-4-17(16)14-26-21/h1-8,12,19-21,25-26,29H,9-11,13-14H2,(H,27,30)(H,28,31)/t19?,20-,21-/m0/s1. The van der Waals surface area contributed by atoms with E-state index in [4.69, 9.17) is 17.0 Å². The largest absolute Gasteiger partial charge is 0.387 e. The van der Waals surface area contributed by atoms with Crippen LogP contribution in [0.1, 0.15) is 29.5 Å². The van der Waals surface area contributed by atoms with E-state index < -0.39 is 18.2 Å². The van der Waals surface area contributed by atoms with Gasteiger partial charge >= 0.3 is 0 Å². The Morgan fingerprint density at radius 3 is 2.58 bits per heavy atom. The number of carbonyl (C=O) groups is 2. The summed E-state index contributed by atoms with van der Waals surface area (Å²) in [5.74, 6) is -0.595. The van der Waals surface area contributed by atoms with Crippen molar-refractivity contribution in [2.45, 2.75) is 50.5 Å². The molecule has 8 heteroatoms. The fourth-order valence-electron chi connectivity index (χ4n) is 3.52. The molecule has 2 aromatic carbocycles. The number of benzene rings is 2. The molecule has 2 aromatic rings. The van der Waals surface area contributed by atoms with Crippen LogP contribution in [-0.2, 0) is 29.1 Å². The molecule has 1 aliphatic heterocycles. The molecule has 0 saturated carbocycles. The Morgan fingerprint density at radius 1 is 1.16 bits per heavy atom. The van der Waals surface area contributed by atoms with Crippen molar-refractivity contribution in [3.8, 4) is 0 Å². The van der Waals surface area contributed by atoms with Gasteiger partial charge in [0, 0.05) is 24.3 Å². The molecule has 0 saturated heterocycles. The highest BCUT2D eigenvalue weighted by molar-refractivity contribution is 6.30. The summed E-state index contributed by atoms with van der Waals surface area (Å²) in [7, 11) is 0. The van der Waals surface area contributed by atoms with E-state index in [0.29, 0.717) is 24.5 Å². The molecule has 31 heavy (non-hydrogen) atoms. The van der Waals surface area contributed by atoms with Crippen molar-refractivity contribution in [1.82, 2.24) is 16.0 Å². The summed E-state index contributed by atoms with van der Waals surface area (Å²) < 4.78 is 0. The van der Waals surface area contributed by atoms with E-state index in [-0.39, 0.29) is 24.7 Å². The normalized spacial score (nSPS) is 17.2. The lowest BCUT2D eigenvalue weighted by Gasteiger charge is -2.27. The second-order valence-electron chi connectivity index (χ2n) is 7.62. The molecule has 3 atom stereocenters. The van der Waals surface area contributed by atoms with E-state index in [0.717, 1.165) is 22.9 Å². The smallest absolute Gasteiger partial charge is 0.242 e. The van der Waals surface area contributed by atoms with Crippen molar-refractivity contribution < 1.29 is 14.7 Å². The van der Waals surface area contributed by atoms with Crippen molar-refractivity contribution in [1.29, 1.82) is 5.41 Å². The molecule has 7 nitrogen and oxygen atoms in total. The van der Waals surface area contributed by atoms with E-state index in [1.807, 2.05) is 36.4 Å².